The number of hydrogen-bond donors (Lipinski definition) is 2. The Bertz CT molecular complexity index is 165. The highest BCUT2D eigenvalue weighted by molar-refractivity contribution is 6.59. The van der Waals surface area contributed by atoms with Gasteiger partial charge in [-0.25, -0.2) is 0 Å². The van der Waals surface area contributed by atoms with Gasteiger partial charge < -0.3 is 14.9 Å². The predicted octanol–water partition coefficient (Wildman–Crippen LogP) is 1.04. The summed E-state index contributed by atoms with van der Waals surface area (Å²) < 4.78 is 5.92. The average Bonchev–Trinajstić information content (AvgIpc) is 2.16. The number of rotatable bonds is 4. The summed E-state index contributed by atoms with van der Waals surface area (Å²) in [5.74, 6) is 0. The van der Waals surface area contributed by atoms with Crippen LogP contribution in [0.1, 0.15) is 32.1 Å². The molecule has 1 unspecified atom stereocenters. The van der Waals surface area contributed by atoms with Gasteiger partial charge in [0.05, 0.1) is 14.0 Å². The van der Waals surface area contributed by atoms with Crippen LogP contribution in [0, 0.1) is 0 Å². The predicted molar refractivity (Wildman–Crippen MR) is 58.9 cm³/mol. The number of aliphatic hydroxyl groups is 2. The van der Waals surface area contributed by atoms with Gasteiger partial charge in [-0.15, -0.1) is 0 Å². The van der Waals surface area contributed by atoms with E-state index in [-0.39, 0.29) is 5.22 Å². The third-order valence-corrected chi connectivity index (χ3v) is 6.11. The lowest BCUT2D eigenvalue weighted by molar-refractivity contribution is -0.0767. The van der Waals surface area contributed by atoms with Crippen molar-refractivity contribution < 1.29 is 14.9 Å². The molecule has 1 saturated heterocycles. The van der Waals surface area contributed by atoms with E-state index in [1.807, 2.05) is 0 Å². The second-order valence-electron chi connectivity index (χ2n) is 4.54. The molecule has 1 rings (SSSR count). The van der Waals surface area contributed by atoms with Crippen LogP contribution in [0.15, 0.2) is 0 Å². The molecule has 0 saturated carbocycles. The van der Waals surface area contributed by atoms with Crippen LogP contribution >= 0.6 is 0 Å². The fraction of sp³-hybridized carbons (Fsp3) is 1.00. The molecule has 1 aliphatic heterocycles. The smallest absolute Gasteiger partial charge is 0.151 e. The minimum Gasteiger partial charge on any atom is -0.379 e. The van der Waals surface area contributed by atoms with Gasteiger partial charge in [0.25, 0.3) is 0 Å². The molecule has 1 atom stereocenters. The zero-order valence-electron chi connectivity index (χ0n) is 9.20. The minimum absolute atomic E-state index is 0.0297. The maximum Gasteiger partial charge on any atom is 0.151 e. The van der Waals surface area contributed by atoms with Crippen molar-refractivity contribution in [2.75, 3.05) is 6.61 Å². The summed E-state index contributed by atoms with van der Waals surface area (Å²) in [5, 5.41) is 17.8. The molecule has 0 aromatic heterocycles. The summed E-state index contributed by atoms with van der Waals surface area (Å²) in [6, 6.07) is 0. The maximum absolute atomic E-state index is 8.89. The fourth-order valence-electron chi connectivity index (χ4n) is 2.19. The number of hydrogen-bond acceptors (Lipinski definition) is 3. The molecular weight excluding hydrogens is 196 g/mol. The van der Waals surface area contributed by atoms with Gasteiger partial charge in [-0.1, -0.05) is 13.1 Å². The van der Waals surface area contributed by atoms with E-state index >= 15 is 0 Å². The van der Waals surface area contributed by atoms with Gasteiger partial charge in [-0.05, 0) is 25.7 Å². The summed E-state index contributed by atoms with van der Waals surface area (Å²) in [7, 11) is -0.891. The van der Waals surface area contributed by atoms with Gasteiger partial charge in [-0.2, -0.15) is 0 Å². The summed E-state index contributed by atoms with van der Waals surface area (Å²) >= 11 is 0. The second kappa shape index (κ2) is 5.26. The first-order valence-electron chi connectivity index (χ1n) is 5.57. The van der Waals surface area contributed by atoms with Crippen LogP contribution in [0.25, 0.3) is 0 Å². The molecule has 1 fully saturated rings. The molecule has 1 aliphatic rings. The molecule has 0 aliphatic carbocycles. The van der Waals surface area contributed by atoms with Crippen molar-refractivity contribution in [1.82, 2.24) is 0 Å². The molecule has 0 spiro atoms. The first-order chi connectivity index (χ1) is 6.57. The highest BCUT2D eigenvalue weighted by Crippen LogP contribution is 2.32. The molecule has 0 amide bonds. The minimum atomic E-state index is -1.18. The Morgan fingerprint density at radius 3 is 2.50 bits per heavy atom. The van der Waals surface area contributed by atoms with Crippen LogP contribution < -0.4 is 0 Å². The van der Waals surface area contributed by atoms with E-state index in [1.54, 1.807) is 0 Å². The highest BCUT2D eigenvalue weighted by atomic mass is 28.3. The third-order valence-electron chi connectivity index (χ3n) is 3.26. The molecule has 0 bridgehead atoms. The van der Waals surface area contributed by atoms with Crippen molar-refractivity contribution >= 4 is 8.80 Å². The largest absolute Gasteiger partial charge is 0.379 e. The van der Waals surface area contributed by atoms with Crippen molar-refractivity contribution in [1.29, 1.82) is 0 Å². The van der Waals surface area contributed by atoms with E-state index in [2.05, 4.69) is 13.1 Å². The van der Waals surface area contributed by atoms with Crippen LogP contribution in [0.3, 0.4) is 0 Å². The molecule has 3 nitrogen and oxygen atoms in total. The highest BCUT2D eigenvalue weighted by Gasteiger charge is 2.36. The van der Waals surface area contributed by atoms with Crippen molar-refractivity contribution in [2.45, 2.75) is 56.7 Å². The zero-order valence-corrected chi connectivity index (χ0v) is 10.4. The van der Waals surface area contributed by atoms with E-state index in [0.717, 1.165) is 25.9 Å². The number of ether oxygens (including phenoxy) is 1. The lowest BCUT2D eigenvalue weighted by Crippen LogP contribution is -2.47. The van der Waals surface area contributed by atoms with Crippen molar-refractivity contribution in [3.63, 3.8) is 0 Å². The molecular formula is C10H22O3Si. The topological polar surface area (TPSA) is 49.7 Å². The molecule has 1 heterocycles. The lowest BCUT2D eigenvalue weighted by Gasteiger charge is -2.40. The first kappa shape index (κ1) is 12.2. The Balaban J connectivity index is 2.52. The maximum atomic E-state index is 8.89. The van der Waals surface area contributed by atoms with Crippen molar-refractivity contribution in [3.05, 3.63) is 0 Å². The Kier molecular flexibility index (Phi) is 4.57. The molecule has 0 aromatic carbocycles. The first-order valence-corrected chi connectivity index (χ1v) is 8.45. The molecule has 84 valence electrons. The van der Waals surface area contributed by atoms with Gasteiger partial charge >= 0.3 is 0 Å². The summed E-state index contributed by atoms with van der Waals surface area (Å²) in [6.45, 7) is 5.43. The van der Waals surface area contributed by atoms with E-state index in [4.69, 9.17) is 14.9 Å². The van der Waals surface area contributed by atoms with Crippen LogP contribution in [-0.2, 0) is 4.74 Å². The Morgan fingerprint density at radius 2 is 2.07 bits per heavy atom. The van der Waals surface area contributed by atoms with Crippen LogP contribution in [0.2, 0.25) is 13.1 Å². The quantitative estimate of drug-likeness (QED) is 0.547. The normalized spacial score (nSPS) is 28.7. The third kappa shape index (κ3) is 3.05. The van der Waals surface area contributed by atoms with Crippen molar-refractivity contribution in [2.24, 2.45) is 0 Å². The monoisotopic (exact) mass is 218 g/mol. The van der Waals surface area contributed by atoms with Gasteiger partial charge in [0.2, 0.25) is 0 Å². The van der Waals surface area contributed by atoms with Gasteiger partial charge in [0.15, 0.2) is 6.29 Å². The molecule has 0 radical (unpaired) electrons. The number of aliphatic hydroxyl groups excluding tert-OH is 1. The summed E-state index contributed by atoms with van der Waals surface area (Å²) in [4.78, 5) is 0. The Labute approximate surface area is 87.7 Å². The fourth-order valence-corrected chi connectivity index (χ4v) is 4.17. The van der Waals surface area contributed by atoms with Crippen LogP contribution in [-0.4, -0.2) is 37.1 Å². The summed E-state index contributed by atoms with van der Waals surface area (Å²) in [6.07, 6.45) is 3.59. The molecule has 2 N–H and O–H groups in total. The summed E-state index contributed by atoms with van der Waals surface area (Å²) in [5.41, 5.74) is 0. The Morgan fingerprint density at radius 1 is 1.36 bits per heavy atom. The van der Waals surface area contributed by atoms with E-state index < -0.39 is 15.1 Å². The van der Waals surface area contributed by atoms with E-state index in [0.29, 0.717) is 6.42 Å². The Hall–Kier alpha value is 0.0969. The molecule has 14 heavy (non-hydrogen) atoms. The van der Waals surface area contributed by atoms with Gasteiger partial charge in [0.1, 0.15) is 0 Å². The molecule has 4 heteroatoms. The standard InChI is InChI=1S/C10H22O3Si/c1-14(2)10(7-5-9(11)12)6-3-4-8-13-10/h9,11-12,14H,3-8H2,1-2H3. The molecule has 0 aromatic rings. The van der Waals surface area contributed by atoms with Gasteiger partial charge in [0, 0.05) is 13.0 Å². The van der Waals surface area contributed by atoms with E-state index in [1.165, 1.54) is 6.42 Å². The van der Waals surface area contributed by atoms with Crippen molar-refractivity contribution in [3.8, 4) is 0 Å². The van der Waals surface area contributed by atoms with Gasteiger partial charge in [-0.3, -0.25) is 0 Å². The zero-order chi connectivity index (χ0) is 10.6. The second-order valence-corrected chi connectivity index (χ2v) is 7.91. The average molecular weight is 218 g/mol. The van der Waals surface area contributed by atoms with Crippen LogP contribution in [0.5, 0.6) is 0 Å². The lowest BCUT2D eigenvalue weighted by atomic mass is 10.0. The van der Waals surface area contributed by atoms with Crippen LogP contribution in [0.4, 0.5) is 0 Å². The van der Waals surface area contributed by atoms with E-state index in [9.17, 15) is 0 Å². The SMILES string of the molecule is C[SiH](C)C1(CCC(O)O)CCCCO1.